The number of nitrogens with one attached hydrogen (secondary N) is 1. The second-order valence-electron chi connectivity index (χ2n) is 5.82. The van der Waals surface area contributed by atoms with Crippen molar-refractivity contribution in [1.29, 1.82) is 0 Å². The van der Waals surface area contributed by atoms with E-state index in [9.17, 15) is 9.90 Å². The van der Waals surface area contributed by atoms with Gasteiger partial charge >= 0.3 is 0 Å². The number of rotatable bonds is 6. The average Bonchev–Trinajstić information content (AvgIpc) is 2.49. The Morgan fingerprint density at radius 1 is 1.24 bits per heavy atom. The molecular formula is C17H25NO3. The minimum atomic E-state index is -0.702. The number of ether oxygens (including phenoxy) is 1. The van der Waals surface area contributed by atoms with Crippen LogP contribution in [0.15, 0.2) is 24.3 Å². The second-order valence-corrected chi connectivity index (χ2v) is 5.82. The minimum Gasteiger partial charge on any atom is -0.494 e. The van der Waals surface area contributed by atoms with E-state index in [2.05, 4.69) is 5.32 Å². The zero-order valence-electron chi connectivity index (χ0n) is 12.7. The molecule has 0 saturated heterocycles. The van der Waals surface area contributed by atoms with Crippen molar-refractivity contribution in [2.75, 3.05) is 13.2 Å². The van der Waals surface area contributed by atoms with Crippen molar-refractivity contribution in [1.82, 2.24) is 5.32 Å². The first-order valence-electron chi connectivity index (χ1n) is 7.82. The molecule has 21 heavy (non-hydrogen) atoms. The zero-order chi connectivity index (χ0) is 15.1. The molecule has 0 aliphatic heterocycles. The Bertz CT molecular complexity index is 450. The third-order valence-electron chi connectivity index (χ3n) is 4.00. The molecule has 1 fully saturated rings. The van der Waals surface area contributed by atoms with Gasteiger partial charge in [-0.05, 0) is 37.5 Å². The fourth-order valence-electron chi connectivity index (χ4n) is 2.77. The van der Waals surface area contributed by atoms with Crippen molar-refractivity contribution in [2.45, 2.75) is 51.0 Å². The van der Waals surface area contributed by atoms with Gasteiger partial charge in [0.2, 0.25) is 5.91 Å². The Balaban J connectivity index is 1.78. The lowest BCUT2D eigenvalue weighted by atomic mass is 9.85. The maximum atomic E-state index is 12.0. The molecule has 0 radical (unpaired) electrons. The summed E-state index contributed by atoms with van der Waals surface area (Å²) in [5, 5.41) is 13.2. The third-order valence-corrected chi connectivity index (χ3v) is 4.00. The van der Waals surface area contributed by atoms with Crippen molar-refractivity contribution >= 4 is 5.91 Å². The standard InChI is InChI=1S/C17H25NO3/c1-2-21-15-8-6-14(7-9-15)12-16(19)18-13-17(20)10-4-3-5-11-17/h6-9,20H,2-5,10-13H2,1H3,(H,18,19). The van der Waals surface area contributed by atoms with Crippen LogP contribution in [0.4, 0.5) is 0 Å². The molecule has 1 aliphatic rings. The van der Waals surface area contributed by atoms with Crippen molar-refractivity contribution < 1.29 is 14.6 Å². The molecule has 116 valence electrons. The lowest BCUT2D eigenvalue weighted by molar-refractivity contribution is -0.122. The number of hydrogen-bond donors (Lipinski definition) is 2. The first kappa shape index (κ1) is 15.8. The van der Waals surface area contributed by atoms with E-state index in [1.807, 2.05) is 31.2 Å². The first-order valence-corrected chi connectivity index (χ1v) is 7.82. The van der Waals surface area contributed by atoms with E-state index < -0.39 is 5.60 Å². The lowest BCUT2D eigenvalue weighted by Crippen LogP contribution is -2.44. The highest BCUT2D eigenvalue weighted by Gasteiger charge is 2.29. The van der Waals surface area contributed by atoms with Gasteiger partial charge in [0.25, 0.3) is 0 Å². The summed E-state index contributed by atoms with van der Waals surface area (Å²) in [6, 6.07) is 7.56. The molecular weight excluding hydrogens is 266 g/mol. The van der Waals surface area contributed by atoms with Crippen molar-refractivity contribution in [3.63, 3.8) is 0 Å². The number of carbonyl (C=O) groups excluding carboxylic acids is 1. The molecule has 2 N–H and O–H groups in total. The quantitative estimate of drug-likeness (QED) is 0.846. The number of benzene rings is 1. The van der Waals surface area contributed by atoms with Crippen LogP contribution in [0.25, 0.3) is 0 Å². The van der Waals surface area contributed by atoms with E-state index >= 15 is 0 Å². The van der Waals surface area contributed by atoms with Crippen LogP contribution in [0.5, 0.6) is 5.75 Å². The van der Waals surface area contributed by atoms with Gasteiger partial charge in [0.15, 0.2) is 0 Å². The van der Waals surface area contributed by atoms with Gasteiger partial charge in [-0.2, -0.15) is 0 Å². The maximum absolute atomic E-state index is 12.0. The molecule has 4 nitrogen and oxygen atoms in total. The molecule has 0 unspecified atom stereocenters. The minimum absolute atomic E-state index is 0.0434. The molecule has 4 heteroatoms. The van der Waals surface area contributed by atoms with E-state index in [0.717, 1.165) is 37.0 Å². The van der Waals surface area contributed by atoms with Crippen molar-refractivity contribution in [2.24, 2.45) is 0 Å². The molecule has 2 rings (SSSR count). The summed E-state index contributed by atoms with van der Waals surface area (Å²) < 4.78 is 5.37. The summed E-state index contributed by atoms with van der Waals surface area (Å²) in [6.45, 7) is 2.94. The number of aliphatic hydroxyl groups is 1. The second kappa shape index (κ2) is 7.46. The fourth-order valence-corrected chi connectivity index (χ4v) is 2.77. The number of carbonyl (C=O) groups is 1. The molecule has 1 aromatic carbocycles. The topological polar surface area (TPSA) is 58.6 Å². The average molecular weight is 291 g/mol. The van der Waals surface area contributed by atoms with E-state index in [1.165, 1.54) is 6.42 Å². The van der Waals surface area contributed by atoms with Crippen LogP contribution in [-0.4, -0.2) is 29.8 Å². The van der Waals surface area contributed by atoms with Crippen LogP contribution in [0, 0.1) is 0 Å². The monoisotopic (exact) mass is 291 g/mol. The van der Waals surface area contributed by atoms with Crippen LogP contribution in [-0.2, 0) is 11.2 Å². The van der Waals surface area contributed by atoms with Crippen LogP contribution in [0.1, 0.15) is 44.6 Å². The summed E-state index contributed by atoms with van der Waals surface area (Å²) in [5.74, 6) is 0.774. The van der Waals surface area contributed by atoms with Gasteiger partial charge in [0.1, 0.15) is 5.75 Å². The summed E-state index contributed by atoms with van der Waals surface area (Å²) >= 11 is 0. The van der Waals surface area contributed by atoms with Crippen LogP contribution >= 0.6 is 0 Å². The zero-order valence-corrected chi connectivity index (χ0v) is 12.7. The van der Waals surface area contributed by atoms with Crippen LogP contribution in [0.2, 0.25) is 0 Å². The number of hydrogen-bond acceptors (Lipinski definition) is 3. The van der Waals surface area contributed by atoms with Gasteiger partial charge in [-0.15, -0.1) is 0 Å². The fraction of sp³-hybridized carbons (Fsp3) is 0.588. The molecule has 0 bridgehead atoms. The Labute approximate surface area is 126 Å². The highest BCUT2D eigenvalue weighted by molar-refractivity contribution is 5.78. The van der Waals surface area contributed by atoms with Crippen molar-refractivity contribution in [3.8, 4) is 5.75 Å². The normalized spacial score (nSPS) is 17.2. The van der Waals surface area contributed by atoms with Gasteiger partial charge in [-0.3, -0.25) is 4.79 Å². The molecule has 1 amide bonds. The van der Waals surface area contributed by atoms with Gasteiger partial charge in [-0.1, -0.05) is 31.4 Å². The van der Waals surface area contributed by atoms with E-state index in [-0.39, 0.29) is 5.91 Å². The van der Waals surface area contributed by atoms with E-state index in [4.69, 9.17) is 4.74 Å². The Kier molecular flexibility index (Phi) is 5.62. The summed E-state index contributed by atoms with van der Waals surface area (Å²) in [7, 11) is 0. The highest BCUT2D eigenvalue weighted by atomic mass is 16.5. The predicted octanol–water partition coefficient (Wildman–Crippen LogP) is 2.44. The van der Waals surface area contributed by atoms with Gasteiger partial charge in [0.05, 0.1) is 18.6 Å². The molecule has 0 atom stereocenters. The predicted molar refractivity (Wildman–Crippen MR) is 82.4 cm³/mol. The third kappa shape index (κ3) is 5.05. The lowest BCUT2D eigenvalue weighted by Gasteiger charge is -2.32. The smallest absolute Gasteiger partial charge is 0.224 e. The molecule has 0 spiro atoms. The largest absolute Gasteiger partial charge is 0.494 e. The summed E-state index contributed by atoms with van der Waals surface area (Å²) in [4.78, 5) is 12.0. The molecule has 1 saturated carbocycles. The SMILES string of the molecule is CCOc1ccc(CC(=O)NCC2(O)CCCCC2)cc1. The van der Waals surface area contributed by atoms with Crippen molar-refractivity contribution in [3.05, 3.63) is 29.8 Å². The molecule has 0 heterocycles. The molecule has 1 aliphatic carbocycles. The van der Waals surface area contributed by atoms with Crippen LogP contribution in [0.3, 0.4) is 0 Å². The Morgan fingerprint density at radius 2 is 1.90 bits per heavy atom. The van der Waals surface area contributed by atoms with Gasteiger partial charge in [0, 0.05) is 6.54 Å². The molecule has 1 aromatic rings. The maximum Gasteiger partial charge on any atom is 0.224 e. The Hall–Kier alpha value is -1.55. The Morgan fingerprint density at radius 3 is 2.52 bits per heavy atom. The van der Waals surface area contributed by atoms with E-state index in [0.29, 0.717) is 19.6 Å². The van der Waals surface area contributed by atoms with Gasteiger partial charge < -0.3 is 15.2 Å². The highest BCUT2D eigenvalue weighted by Crippen LogP contribution is 2.27. The van der Waals surface area contributed by atoms with E-state index in [1.54, 1.807) is 0 Å². The first-order chi connectivity index (χ1) is 10.1. The van der Waals surface area contributed by atoms with Crippen LogP contribution < -0.4 is 10.1 Å². The van der Waals surface area contributed by atoms with Gasteiger partial charge in [-0.25, -0.2) is 0 Å². The molecule has 0 aromatic heterocycles. The number of amides is 1. The summed E-state index contributed by atoms with van der Waals surface area (Å²) in [6.07, 6.45) is 5.19. The summed E-state index contributed by atoms with van der Waals surface area (Å²) in [5.41, 5.74) is 0.249.